The Bertz CT molecular complexity index is 1080. The average molecular weight is 405 g/mol. The molecule has 154 valence electrons. The van der Waals surface area contributed by atoms with Crippen molar-refractivity contribution in [2.75, 3.05) is 31.1 Å². The Hall–Kier alpha value is -3.49. The van der Waals surface area contributed by atoms with Crippen LogP contribution >= 0.6 is 0 Å². The zero-order valence-corrected chi connectivity index (χ0v) is 16.6. The Morgan fingerprint density at radius 3 is 2.33 bits per heavy atom. The van der Waals surface area contributed by atoms with Gasteiger partial charge in [-0.25, -0.2) is 4.98 Å². The van der Waals surface area contributed by atoms with Gasteiger partial charge in [-0.15, -0.1) is 10.2 Å². The molecule has 9 heteroatoms. The molecule has 2 fully saturated rings. The van der Waals surface area contributed by atoms with Gasteiger partial charge < -0.3 is 14.4 Å². The second-order valence-electron chi connectivity index (χ2n) is 7.76. The summed E-state index contributed by atoms with van der Waals surface area (Å²) >= 11 is 0. The van der Waals surface area contributed by atoms with Crippen molar-refractivity contribution in [3.63, 3.8) is 0 Å². The van der Waals surface area contributed by atoms with Crippen molar-refractivity contribution in [2.45, 2.75) is 25.3 Å². The number of aromatic nitrogens is 5. The molecule has 3 aromatic rings. The van der Waals surface area contributed by atoms with Crippen molar-refractivity contribution in [1.82, 2.24) is 29.2 Å². The van der Waals surface area contributed by atoms with E-state index >= 15 is 0 Å². The fraction of sp³-hybridized carbons (Fsp3) is 0.381. The number of piperazine rings is 1. The second kappa shape index (κ2) is 7.74. The molecule has 3 aromatic heterocycles. The number of carbonyl (C=O) groups is 1. The molecule has 4 heterocycles. The summed E-state index contributed by atoms with van der Waals surface area (Å²) in [7, 11) is 0. The van der Waals surface area contributed by atoms with Crippen LogP contribution in [0.5, 0.6) is 0 Å². The van der Waals surface area contributed by atoms with Gasteiger partial charge in [-0.2, -0.15) is 0 Å². The van der Waals surface area contributed by atoms with Crippen molar-refractivity contribution in [2.24, 2.45) is 0 Å². The summed E-state index contributed by atoms with van der Waals surface area (Å²) in [5.74, 6) is 1.93. The summed E-state index contributed by atoms with van der Waals surface area (Å²) < 4.78 is 3.30. The maximum absolute atomic E-state index is 12.7. The molecule has 1 amide bonds. The van der Waals surface area contributed by atoms with Gasteiger partial charge in [0.1, 0.15) is 6.54 Å². The molecule has 0 bridgehead atoms. The third-order valence-corrected chi connectivity index (χ3v) is 5.66. The standard InChI is InChI=1S/C21H23N7O2/c29-20-13-17(16-3-4-16)22-15-28(20)14-21(30)27-11-9-26(10-12-27)19-6-5-18(23-24-19)25-7-1-2-8-25/h1-2,5-8,13,15-16H,3-4,9-12,14H2. The molecule has 2 aliphatic rings. The third kappa shape index (κ3) is 3.83. The van der Waals surface area contributed by atoms with E-state index in [9.17, 15) is 9.59 Å². The van der Waals surface area contributed by atoms with Crippen LogP contribution in [0, 0.1) is 0 Å². The number of nitrogens with zero attached hydrogens (tertiary/aromatic N) is 7. The van der Waals surface area contributed by atoms with E-state index in [1.165, 1.54) is 10.9 Å². The van der Waals surface area contributed by atoms with E-state index in [2.05, 4.69) is 20.1 Å². The smallest absolute Gasteiger partial charge is 0.254 e. The van der Waals surface area contributed by atoms with E-state index in [4.69, 9.17) is 0 Å². The van der Waals surface area contributed by atoms with Gasteiger partial charge in [0.15, 0.2) is 11.6 Å². The summed E-state index contributed by atoms with van der Waals surface area (Å²) in [4.78, 5) is 33.2. The molecular formula is C21H23N7O2. The van der Waals surface area contributed by atoms with Gasteiger partial charge in [0, 0.05) is 50.6 Å². The van der Waals surface area contributed by atoms with E-state index in [1.54, 1.807) is 11.0 Å². The first-order valence-corrected chi connectivity index (χ1v) is 10.2. The van der Waals surface area contributed by atoms with Crippen molar-refractivity contribution >= 4 is 11.7 Å². The molecule has 1 aliphatic carbocycles. The maximum Gasteiger partial charge on any atom is 0.254 e. The third-order valence-electron chi connectivity index (χ3n) is 5.66. The highest BCUT2D eigenvalue weighted by Gasteiger charge is 2.26. The molecule has 0 aromatic carbocycles. The molecular weight excluding hydrogens is 382 g/mol. The number of anilines is 1. The lowest BCUT2D eigenvalue weighted by Gasteiger charge is -2.35. The van der Waals surface area contributed by atoms with Crippen LogP contribution in [0.25, 0.3) is 5.82 Å². The zero-order valence-electron chi connectivity index (χ0n) is 16.6. The first-order chi connectivity index (χ1) is 14.7. The highest BCUT2D eigenvalue weighted by molar-refractivity contribution is 5.76. The van der Waals surface area contributed by atoms with Crippen LogP contribution in [-0.2, 0) is 11.3 Å². The first kappa shape index (κ1) is 18.5. The molecule has 9 nitrogen and oxygen atoms in total. The van der Waals surface area contributed by atoms with Gasteiger partial charge in [-0.3, -0.25) is 14.2 Å². The minimum absolute atomic E-state index is 0.0299. The molecule has 0 N–H and O–H groups in total. The molecule has 0 atom stereocenters. The lowest BCUT2D eigenvalue weighted by atomic mass is 10.3. The molecule has 5 rings (SSSR count). The molecule has 1 saturated heterocycles. The van der Waals surface area contributed by atoms with E-state index < -0.39 is 0 Å². The predicted molar refractivity (Wildman–Crippen MR) is 111 cm³/mol. The summed E-state index contributed by atoms with van der Waals surface area (Å²) in [6.45, 7) is 2.56. The maximum atomic E-state index is 12.7. The highest BCUT2D eigenvalue weighted by atomic mass is 16.2. The molecule has 30 heavy (non-hydrogen) atoms. The van der Waals surface area contributed by atoms with E-state index in [1.807, 2.05) is 41.2 Å². The van der Waals surface area contributed by atoms with Crippen molar-refractivity contribution < 1.29 is 4.79 Å². The van der Waals surface area contributed by atoms with Gasteiger partial charge in [-0.05, 0) is 37.1 Å². The van der Waals surface area contributed by atoms with Crippen LogP contribution < -0.4 is 10.5 Å². The van der Waals surface area contributed by atoms with Gasteiger partial charge in [-0.1, -0.05) is 0 Å². The quantitative estimate of drug-likeness (QED) is 0.630. The molecule has 1 saturated carbocycles. The topological polar surface area (TPSA) is 89.2 Å². The van der Waals surface area contributed by atoms with Gasteiger partial charge in [0.25, 0.3) is 5.56 Å². The average Bonchev–Trinajstić information content (AvgIpc) is 3.49. The Labute approximate surface area is 173 Å². The van der Waals surface area contributed by atoms with E-state index in [-0.39, 0.29) is 18.0 Å². The minimum Gasteiger partial charge on any atom is -0.352 e. The molecule has 0 unspecified atom stereocenters. The summed E-state index contributed by atoms with van der Waals surface area (Å²) in [6, 6.07) is 9.34. The van der Waals surface area contributed by atoms with Crippen molar-refractivity contribution in [1.29, 1.82) is 0 Å². The summed E-state index contributed by atoms with van der Waals surface area (Å²) in [6.07, 6.45) is 7.55. The fourth-order valence-electron chi connectivity index (χ4n) is 3.70. The van der Waals surface area contributed by atoms with E-state index in [0.717, 1.165) is 30.2 Å². The minimum atomic E-state index is -0.156. The largest absolute Gasteiger partial charge is 0.352 e. The predicted octanol–water partition coefficient (Wildman–Crippen LogP) is 1.05. The monoisotopic (exact) mass is 405 g/mol. The van der Waals surface area contributed by atoms with Crippen LogP contribution in [0.15, 0.2) is 53.8 Å². The Morgan fingerprint density at radius 1 is 1.00 bits per heavy atom. The van der Waals surface area contributed by atoms with Crippen LogP contribution in [0.2, 0.25) is 0 Å². The van der Waals surface area contributed by atoms with Crippen LogP contribution in [0.4, 0.5) is 5.82 Å². The van der Waals surface area contributed by atoms with Gasteiger partial charge >= 0.3 is 0 Å². The summed E-state index contributed by atoms with van der Waals surface area (Å²) in [5.41, 5.74) is 0.693. The lowest BCUT2D eigenvalue weighted by molar-refractivity contribution is -0.132. The molecule has 1 aliphatic heterocycles. The van der Waals surface area contributed by atoms with E-state index in [0.29, 0.717) is 32.1 Å². The molecule has 0 radical (unpaired) electrons. The number of hydrogen-bond acceptors (Lipinski definition) is 6. The Morgan fingerprint density at radius 2 is 1.70 bits per heavy atom. The zero-order chi connectivity index (χ0) is 20.5. The van der Waals surface area contributed by atoms with Crippen molar-refractivity contribution in [3.8, 4) is 5.82 Å². The highest BCUT2D eigenvalue weighted by Crippen LogP contribution is 2.38. The SMILES string of the molecule is O=C(Cn1cnc(C2CC2)cc1=O)N1CCN(c2ccc(-n3cccc3)nn2)CC1. The lowest BCUT2D eigenvalue weighted by Crippen LogP contribution is -2.50. The second-order valence-corrected chi connectivity index (χ2v) is 7.76. The number of hydrogen-bond donors (Lipinski definition) is 0. The van der Waals surface area contributed by atoms with Crippen LogP contribution in [-0.4, -0.2) is 61.3 Å². The Balaban J connectivity index is 1.17. The fourth-order valence-corrected chi connectivity index (χ4v) is 3.70. The van der Waals surface area contributed by atoms with Crippen molar-refractivity contribution in [3.05, 3.63) is 65.1 Å². The number of amides is 1. The van der Waals surface area contributed by atoms with Crippen LogP contribution in [0.1, 0.15) is 24.5 Å². The Kier molecular flexibility index (Phi) is 4.78. The molecule has 0 spiro atoms. The van der Waals surface area contributed by atoms with Gasteiger partial charge in [0.05, 0.1) is 12.0 Å². The number of carbonyl (C=O) groups excluding carboxylic acids is 1. The summed E-state index contributed by atoms with van der Waals surface area (Å²) in [5, 5.41) is 8.62. The normalized spacial score (nSPS) is 16.7. The first-order valence-electron chi connectivity index (χ1n) is 10.2. The number of rotatable bonds is 5. The van der Waals surface area contributed by atoms with Gasteiger partial charge in [0.2, 0.25) is 5.91 Å². The van der Waals surface area contributed by atoms with Crippen LogP contribution in [0.3, 0.4) is 0 Å².